The summed E-state index contributed by atoms with van der Waals surface area (Å²) >= 11 is 0. The van der Waals surface area contributed by atoms with E-state index in [1.54, 1.807) is 6.26 Å². The van der Waals surface area contributed by atoms with E-state index >= 15 is 0 Å². The molecular formula is C17H22O3. The predicted octanol–water partition coefficient (Wildman–Crippen LogP) is 4.28. The minimum Gasteiger partial charge on any atom is -0.464 e. The van der Waals surface area contributed by atoms with Crippen molar-refractivity contribution in [2.24, 2.45) is 0 Å². The summed E-state index contributed by atoms with van der Waals surface area (Å²) < 4.78 is 16.7. The standard InChI is InChI=1S/C17H22O3/c1-3-18-17(19-4-2)12-11-14-8-5-6-9-15(14)16-10-7-13-20-16/h5-10,13,17H,3-4,11-12H2,1-2H3. The van der Waals surface area contributed by atoms with Crippen LogP contribution in [-0.4, -0.2) is 19.5 Å². The number of hydrogen-bond acceptors (Lipinski definition) is 3. The molecule has 20 heavy (non-hydrogen) atoms. The lowest BCUT2D eigenvalue weighted by atomic mass is 10.0. The van der Waals surface area contributed by atoms with Crippen LogP contribution in [0.5, 0.6) is 0 Å². The molecule has 108 valence electrons. The number of hydrogen-bond donors (Lipinski definition) is 0. The second kappa shape index (κ2) is 7.88. The molecule has 2 aromatic rings. The Labute approximate surface area is 120 Å². The van der Waals surface area contributed by atoms with Crippen molar-refractivity contribution >= 4 is 0 Å². The van der Waals surface area contributed by atoms with Crippen molar-refractivity contribution in [2.75, 3.05) is 13.2 Å². The van der Waals surface area contributed by atoms with Gasteiger partial charge in [-0.05, 0) is 38.0 Å². The van der Waals surface area contributed by atoms with Crippen LogP contribution in [0.3, 0.4) is 0 Å². The van der Waals surface area contributed by atoms with Crippen LogP contribution in [0.1, 0.15) is 25.8 Å². The number of benzene rings is 1. The molecular weight excluding hydrogens is 252 g/mol. The van der Waals surface area contributed by atoms with Gasteiger partial charge in [0.15, 0.2) is 6.29 Å². The summed E-state index contributed by atoms with van der Waals surface area (Å²) in [6.45, 7) is 5.32. The van der Waals surface area contributed by atoms with Gasteiger partial charge in [0.2, 0.25) is 0 Å². The van der Waals surface area contributed by atoms with Crippen LogP contribution in [0.25, 0.3) is 11.3 Å². The summed E-state index contributed by atoms with van der Waals surface area (Å²) in [6, 6.07) is 12.2. The van der Waals surface area contributed by atoms with Gasteiger partial charge in [-0.3, -0.25) is 0 Å². The van der Waals surface area contributed by atoms with E-state index in [1.807, 2.05) is 32.0 Å². The zero-order chi connectivity index (χ0) is 14.2. The number of ether oxygens (including phenoxy) is 2. The zero-order valence-corrected chi connectivity index (χ0v) is 12.2. The van der Waals surface area contributed by atoms with Crippen LogP contribution in [0.2, 0.25) is 0 Å². The molecule has 0 bridgehead atoms. The fourth-order valence-electron chi connectivity index (χ4n) is 2.27. The van der Waals surface area contributed by atoms with E-state index in [9.17, 15) is 0 Å². The molecule has 0 saturated carbocycles. The molecule has 0 spiro atoms. The van der Waals surface area contributed by atoms with Crippen LogP contribution < -0.4 is 0 Å². The third-order valence-corrected chi connectivity index (χ3v) is 3.16. The van der Waals surface area contributed by atoms with Gasteiger partial charge in [-0.2, -0.15) is 0 Å². The lowest BCUT2D eigenvalue weighted by molar-refractivity contribution is -0.139. The summed E-state index contributed by atoms with van der Waals surface area (Å²) in [4.78, 5) is 0. The Morgan fingerprint density at radius 2 is 1.75 bits per heavy atom. The van der Waals surface area contributed by atoms with Crippen LogP contribution in [-0.2, 0) is 15.9 Å². The van der Waals surface area contributed by atoms with E-state index in [1.165, 1.54) is 5.56 Å². The summed E-state index contributed by atoms with van der Waals surface area (Å²) in [5.74, 6) is 0.907. The van der Waals surface area contributed by atoms with Crippen molar-refractivity contribution in [3.8, 4) is 11.3 Å². The third kappa shape index (κ3) is 3.95. The molecule has 1 heterocycles. The normalized spacial score (nSPS) is 11.2. The first-order valence-corrected chi connectivity index (χ1v) is 7.20. The van der Waals surface area contributed by atoms with E-state index in [4.69, 9.17) is 13.9 Å². The fourth-order valence-corrected chi connectivity index (χ4v) is 2.27. The van der Waals surface area contributed by atoms with E-state index in [0.29, 0.717) is 13.2 Å². The van der Waals surface area contributed by atoms with Gasteiger partial charge < -0.3 is 13.9 Å². The molecule has 0 unspecified atom stereocenters. The molecule has 0 aliphatic heterocycles. The van der Waals surface area contributed by atoms with Crippen LogP contribution in [0, 0.1) is 0 Å². The van der Waals surface area contributed by atoms with Crippen molar-refractivity contribution < 1.29 is 13.9 Å². The van der Waals surface area contributed by atoms with E-state index in [0.717, 1.165) is 24.2 Å². The topological polar surface area (TPSA) is 31.6 Å². The maximum Gasteiger partial charge on any atom is 0.157 e. The molecule has 0 aliphatic carbocycles. The van der Waals surface area contributed by atoms with Gasteiger partial charge in [-0.1, -0.05) is 24.3 Å². The van der Waals surface area contributed by atoms with Gasteiger partial charge in [0.25, 0.3) is 0 Å². The Morgan fingerprint density at radius 1 is 1.00 bits per heavy atom. The zero-order valence-electron chi connectivity index (χ0n) is 12.2. The minimum atomic E-state index is -0.130. The Kier molecular flexibility index (Phi) is 5.84. The molecule has 0 amide bonds. The lowest BCUT2D eigenvalue weighted by Gasteiger charge is -2.17. The summed E-state index contributed by atoms with van der Waals surface area (Å²) in [6.07, 6.45) is 3.32. The van der Waals surface area contributed by atoms with Crippen LogP contribution >= 0.6 is 0 Å². The van der Waals surface area contributed by atoms with Gasteiger partial charge in [-0.25, -0.2) is 0 Å². The Bertz CT molecular complexity index is 485. The third-order valence-electron chi connectivity index (χ3n) is 3.16. The summed E-state index contributed by atoms with van der Waals surface area (Å²) in [5.41, 5.74) is 2.40. The molecule has 0 fully saturated rings. The SMILES string of the molecule is CCOC(CCc1ccccc1-c1ccco1)OCC. The van der Waals surface area contributed by atoms with Crippen LogP contribution in [0.4, 0.5) is 0 Å². The molecule has 1 aromatic heterocycles. The van der Waals surface area contributed by atoms with Crippen molar-refractivity contribution in [3.05, 3.63) is 48.2 Å². The molecule has 1 aromatic carbocycles. The Balaban J connectivity index is 2.06. The molecule has 3 heteroatoms. The van der Waals surface area contributed by atoms with Crippen molar-refractivity contribution in [3.63, 3.8) is 0 Å². The average Bonchev–Trinajstić information content (AvgIpc) is 2.99. The molecule has 0 N–H and O–H groups in total. The second-order valence-electron chi connectivity index (χ2n) is 4.51. The molecule has 3 nitrogen and oxygen atoms in total. The molecule has 2 rings (SSSR count). The highest BCUT2D eigenvalue weighted by Crippen LogP contribution is 2.25. The first-order valence-electron chi connectivity index (χ1n) is 7.20. The second-order valence-corrected chi connectivity index (χ2v) is 4.51. The molecule has 0 aliphatic rings. The molecule has 0 radical (unpaired) electrons. The van der Waals surface area contributed by atoms with Crippen molar-refractivity contribution in [2.45, 2.75) is 33.0 Å². The fraction of sp³-hybridized carbons (Fsp3) is 0.412. The summed E-state index contributed by atoms with van der Waals surface area (Å²) in [7, 11) is 0. The maximum atomic E-state index is 5.59. The Hall–Kier alpha value is -1.58. The summed E-state index contributed by atoms with van der Waals surface area (Å²) in [5, 5.41) is 0. The van der Waals surface area contributed by atoms with E-state index < -0.39 is 0 Å². The number of rotatable bonds is 8. The van der Waals surface area contributed by atoms with Gasteiger partial charge >= 0.3 is 0 Å². The monoisotopic (exact) mass is 274 g/mol. The van der Waals surface area contributed by atoms with Gasteiger partial charge in [0, 0.05) is 25.2 Å². The lowest BCUT2D eigenvalue weighted by Crippen LogP contribution is -2.18. The van der Waals surface area contributed by atoms with E-state index in [-0.39, 0.29) is 6.29 Å². The van der Waals surface area contributed by atoms with Gasteiger partial charge in [0.05, 0.1) is 6.26 Å². The van der Waals surface area contributed by atoms with Gasteiger partial charge in [0.1, 0.15) is 5.76 Å². The average molecular weight is 274 g/mol. The van der Waals surface area contributed by atoms with Crippen LogP contribution in [0.15, 0.2) is 47.1 Å². The van der Waals surface area contributed by atoms with Gasteiger partial charge in [-0.15, -0.1) is 0 Å². The molecule has 0 saturated heterocycles. The highest BCUT2D eigenvalue weighted by Gasteiger charge is 2.11. The largest absolute Gasteiger partial charge is 0.464 e. The quantitative estimate of drug-likeness (QED) is 0.673. The van der Waals surface area contributed by atoms with Crippen molar-refractivity contribution in [1.82, 2.24) is 0 Å². The maximum absolute atomic E-state index is 5.59. The Morgan fingerprint density at radius 3 is 2.40 bits per heavy atom. The smallest absolute Gasteiger partial charge is 0.157 e. The first kappa shape index (κ1) is 14.8. The number of aryl methyl sites for hydroxylation is 1. The molecule has 0 atom stereocenters. The minimum absolute atomic E-state index is 0.130. The highest BCUT2D eigenvalue weighted by atomic mass is 16.7. The number of furan rings is 1. The van der Waals surface area contributed by atoms with E-state index in [2.05, 4.69) is 18.2 Å². The van der Waals surface area contributed by atoms with Crippen molar-refractivity contribution in [1.29, 1.82) is 0 Å². The predicted molar refractivity (Wildman–Crippen MR) is 79.5 cm³/mol. The first-order chi connectivity index (χ1) is 9.85. The highest BCUT2D eigenvalue weighted by molar-refractivity contribution is 5.61.